The molecule has 102 valence electrons. The first-order valence-electron chi connectivity index (χ1n) is 6.13. The van der Waals surface area contributed by atoms with Crippen LogP contribution in [0.2, 0.25) is 0 Å². The molecular weight excluding hydrogens is 251 g/mol. The van der Waals surface area contributed by atoms with Crippen molar-refractivity contribution in [3.05, 3.63) is 29.6 Å². The number of anilines is 1. The van der Waals surface area contributed by atoms with Gasteiger partial charge in [-0.2, -0.15) is 0 Å². The number of carboxylic acid groups (broad SMARTS) is 1. The molecule has 6 heteroatoms. The first-order valence-corrected chi connectivity index (χ1v) is 6.13. The summed E-state index contributed by atoms with van der Waals surface area (Å²) in [5, 5.41) is 11.6. The Morgan fingerprint density at radius 1 is 1.32 bits per heavy atom. The average Bonchev–Trinajstić information content (AvgIpc) is 2.90. The summed E-state index contributed by atoms with van der Waals surface area (Å²) in [6.07, 6.45) is 1.96. The number of rotatable bonds is 4. The second-order valence-electron chi connectivity index (χ2n) is 4.41. The molecule has 1 saturated heterocycles. The summed E-state index contributed by atoms with van der Waals surface area (Å²) in [6, 6.07) is 3.79. The molecule has 1 aromatic rings. The van der Waals surface area contributed by atoms with Gasteiger partial charge in [0.15, 0.2) is 0 Å². The molecule has 0 atom stereocenters. The Labute approximate surface area is 110 Å². The van der Waals surface area contributed by atoms with Gasteiger partial charge in [0.05, 0.1) is 17.8 Å². The molecule has 0 unspecified atom stereocenters. The number of nitrogens with one attached hydrogen (secondary N) is 1. The van der Waals surface area contributed by atoms with Gasteiger partial charge in [0, 0.05) is 13.1 Å². The van der Waals surface area contributed by atoms with Gasteiger partial charge in [0.2, 0.25) is 5.91 Å². The number of aromatic carboxylic acids is 1. The van der Waals surface area contributed by atoms with E-state index in [4.69, 9.17) is 5.11 Å². The highest BCUT2D eigenvalue weighted by Gasteiger charge is 2.19. The minimum atomic E-state index is -1.23. The maximum absolute atomic E-state index is 13.6. The summed E-state index contributed by atoms with van der Waals surface area (Å²) < 4.78 is 13.6. The Morgan fingerprint density at radius 2 is 2.00 bits per heavy atom. The number of para-hydroxylation sites is 1. The number of likely N-dealkylation sites (tertiary alicyclic amines) is 1. The molecule has 0 aromatic heterocycles. The van der Waals surface area contributed by atoms with E-state index in [1.54, 1.807) is 4.90 Å². The number of nitrogens with zero attached hydrogens (tertiary/aromatic N) is 1. The van der Waals surface area contributed by atoms with Gasteiger partial charge in [0.1, 0.15) is 5.82 Å². The molecule has 0 spiro atoms. The van der Waals surface area contributed by atoms with Crippen molar-refractivity contribution in [2.75, 3.05) is 25.0 Å². The summed E-state index contributed by atoms with van der Waals surface area (Å²) in [5.41, 5.74) is -0.309. The second-order valence-corrected chi connectivity index (χ2v) is 4.41. The largest absolute Gasteiger partial charge is 0.478 e. The summed E-state index contributed by atoms with van der Waals surface area (Å²) in [4.78, 5) is 24.5. The lowest BCUT2D eigenvalue weighted by Gasteiger charge is -2.17. The lowest BCUT2D eigenvalue weighted by Crippen LogP contribution is -2.33. The normalized spacial score (nSPS) is 14.5. The van der Waals surface area contributed by atoms with Crippen LogP contribution in [0.4, 0.5) is 10.1 Å². The van der Waals surface area contributed by atoms with Gasteiger partial charge < -0.3 is 15.3 Å². The van der Waals surface area contributed by atoms with E-state index in [0.29, 0.717) is 13.1 Å². The van der Waals surface area contributed by atoms with Crippen LogP contribution < -0.4 is 5.32 Å². The first-order chi connectivity index (χ1) is 9.09. The van der Waals surface area contributed by atoms with E-state index >= 15 is 0 Å². The van der Waals surface area contributed by atoms with Gasteiger partial charge in [-0.15, -0.1) is 0 Å². The number of hydrogen-bond acceptors (Lipinski definition) is 3. The SMILES string of the molecule is O=C(O)c1cccc(F)c1NCC(=O)N1CCCC1. The molecule has 1 aliphatic rings. The molecule has 2 N–H and O–H groups in total. The lowest BCUT2D eigenvalue weighted by molar-refractivity contribution is -0.128. The molecule has 0 radical (unpaired) electrons. The highest BCUT2D eigenvalue weighted by Crippen LogP contribution is 2.20. The van der Waals surface area contributed by atoms with E-state index in [9.17, 15) is 14.0 Å². The van der Waals surface area contributed by atoms with Crippen molar-refractivity contribution in [1.29, 1.82) is 0 Å². The fourth-order valence-electron chi connectivity index (χ4n) is 2.12. The first kappa shape index (κ1) is 13.3. The van der Waals surface area contributed by atoms with Crippen LogP contribution in [0.15, 0.2) is 18.2 Å². The molecule has 19 heavy (non-hydrogen) atoms. The molecule has 0 bridgehead atoms. The predicted molar refractivity (Wildman–Crippen MR) is 67.7 cm³/mol. The summed E-state index contributed by atoms with van der Waals surface area (Å²) in [5.74, 6) is -2.04. The van der Waals surface area contributed by atoms with Crippen LogP contribution in [0, 0.1) is 5.82 Å². The van der Waals surface area contributed by atoms with Crippen LogP contribution in [0.3, 0.4) is 0 Å². The summed E-state index contributed by atoms with van der Waals surface area (Å²) >= 11 is 0. The van der Waals surface area contributed by atoms with Gasteiger partial charge >= 0.3 is 5.97 Å². The molecule has 5 nitrogen and oxygen atoms in total. The minimum absolute atomic E-state index is 0.0960. The van der Waals surface area contributed by atoms with Crippen molar-refractivity contribution in [3.8, 4) is 0 Å². The molecule has 0 aliphatic carbocycles. The van der Waals surface area contributed by atoms with Crippen molar-refractivity contribution in [2.45, 2.75) is 12.8 Å². The number of benzene rings is 1. The molecule has 2 rings (SSSR count). The smallest absolute Gasteiger partial charge is 0.337 e. The highest BCUT2D eigenvalue weighted by molar-refractivity contribution is 5.95. The third-order valence-corrected chi connectivity index (χ3v) is 3.12. The molecule has 1 amide bonds. The Hall–Kier alpha value is -2.11. The van der Waals surface area contributed by atoms with Crippen molar-refractivity contribution in [2.24, 2.45) is 0 Å². The Balaban J connectivity index is 2.06. The van der Waals surface area contributed by atoms with E-state index in [1.165, 1.54) is 12.1 Å². The molecule has 1 fully saturated rings. The molecule has 1 heterocycles. The van der Waals surface area contributed by atoms with Crippen LogP contribution >= 0.6 is 0 Å². The number of halogens is 1. The number of hydrogen-bond donors (Lipinski definition) is 2. The van der Waals surface area contributed by atoms with Gasteiger partial charge in [0.25, 0.3) is 0 Å². The average molecular weight is 266 g/mol. The maximum Gasteiger partial charge on any atom is 0.337 e. The predicted octanol–water partition coefficient (Wildman–Crippen LogP) is 1.56. The van der Waals surface area contributed by atoms with E-state index in [2.05, 4.69) is 5.32 Å². The number of carbonyl (C=O) groups excluding carboxylic acids is 1. The van der Waals surface area contributed by atoms with Gasteiger partial charge in [-0.1, -0.05) is 6.07 Å². The van der Waals surface area contributed by atoms with E-state index in [1.807, 2.05) is 0 Å². The fraction of sp³-hybridized carbons (Fsp3) is 0.385. The number of carbonyl (C=O) groups is 2. The number of carboxylic acids is 1. The Bertz CT molecular complexity index is 499. The van der Waals surface area contributed by atoms with E-state index in [0.717, 1.165) is 18.9 Å². The van der Waals surface area contributed by atoms with Gasteiger partial charge in [-0.3, -0.25) is 4.79 Å². The standard InChI is InChI=1S/C13H15FN2O3/c14-10-5-3-4-9(13(18)19)12(10)15-8-11(17)16-6-1-2-7-16/h3-5,15H,1-2,6-8H2,(H,18,19). The third kappa shape index (κ3) is 3.01. The fourth-order valence-corrected chi connectivity index (χ4v) is 2.12. The molecule has 1 aliphatic heterocycles. The quantitative estimate of drug-likeness (QED) is 0.867. The van der Waals surface area contributed by atoms with Crippen molar-refractivity contribution >= 4 is 17.6 Å². The second kappa shape index (κ2) is 5.69. The van der Waals surface area contributed by atoms with Crippen LogP contribution in [0.25, 0.3) is 0 Å². The topological polar surface area (TPSA) is 69.6 Å². The van der Waals surface area contributed by atoms with E-state index < -0.39 is 11.8 Å². The molecular formula is C13H15FN2O3. The van der Waals surface area contributed by atoms with Gasteiger partial charge in [-0.25, -0.2) is 9.18 Å². The maximum atomic E-state index is 13.6. The van der Waals surface area contributed by atoms with E-state index in [-0.39, 0.29) is 23.7 Å². The zero-order valence-electron chi connectivity index (χ0n) is 10.4. The lowest BCUT2D eigenvalue weighted by atomic mass is 10.1. The van der Waals surface area contributed by atoms with Crippen LogP contribution in [-0.4, -0.2) is 41.5 Å². The Morgan fingerprint density at radius 3 is 2.63 bits per heavy atom. The van der Waals surface area contributed by atoms with Crippen LogP contribution in [0.1, 0.15) is 23.2 Å². The highest BCUT2D eigenvalue weighted by atomic mass is 19.1. The summed E-state index contributed by atoms with van der Waals surface area (Å²) in [7, 11) is 0. The number of amides is 1. The van der Waals surface area contributed by atoms with Crippen molar-refractivity contribution in [1.82, 2.24) is 4.90 Å². The molecule has 0 saturated carbocycles. The zero-order chi connectivity index (χ0) is 13.8. The van der Waals surface area contributed by atoms with Crippen LogP contribution in [0.5, 0.6) is 0 Å². The van der Waals surface area contributed by atoms with Gasteiger partial charge in [-0.05, 0) is 25.0 Å². The summed E-state index contributed by atoms with van der Waals surface area (Å²) in [6.45, 7) is 1.33. The zero-order valence-corrected chi connectivity index (χ0v) is 10.4. The van der Waals surface area contributed by atoms with Crippen molar-refractivity contribution in [3.63, 3.8) is 0 Å². The monoisotopic (exact) mass is 266 g/mol. The molecule has 1 aromatic carbocycles. The van der Waals surface area contributed by atoms with Crippen molar-refractivity contribution < 1.29 is 19.1 Å². The van der Waals surface area contributed by atoms with Crippen LogP contribution in [-0.2, 0) is 4.79 Å². The Kier molecular flexibility index (Phi) is 3.99. The third-order valence-electron chi connectivity index (χ3n) is 3.12. The minimum Gasteiger partial charge on any atom is -0.478 e.